The van der Waals surface area contributed by atoms with Crippen molar-refractivity contribution in [2.45, 2.75) is 20.4 Å². The van der Waals surface area contributed by atoms with E-state index >= 15 is 0 Å². The van der Waals surface area contributed by atoms with Crippen LogP contribution < -0.4 is 9.47 Å². The fourth-order valence-corrected chi connectivity index (χ4v) is 1.63. The Bertz CT molecular complexity index is 415. The van der Waals surface area contributed by atoms with Crippen molar-refractivity contribution in [2.24, 2.45) is 0 Å². The molecule has 0 atom stereocenters. The molecule has 1 amide bonds. The predicted octanol–water partition coefficient (Wildman–Crippen LogP) is 1.99. The summed E-state index contributed by atoms with van der Waals surface area (Å²) in [6.45, 7) is 4.04. The molecule has 17 heavy (non-hydrogen) atoms. The minimum atomic E-state index is 0.0283. The summed E-state index contributed by atoms with van der Waals surface area (Å²) in [4.78, 5) is 12.9. The lowest BCUT2D eigenvalue weighted by Crippen LogP contribution is -2.23. The molecule has 0 N–H and O–H groups in total. The minimum absolute atomic E-state index is 0.0283. The number of hydrogen-bond acceptors (Lipinski definition) is 3. The molecular weight excluding hydrogens is 218 g/mol. The standard InChI is InChI=1S/C13H19NO3/c1-9-6-11(8-14(3)10(2)15)13(17-5)7-12(9)16-4/h6-7H,8H2,1-5H3. The number of rotatable bonds is 4. The van der Waals surface area contributed by atoms with Crippen molar-refractivity contribution in [1.82, 2.24) is 4.90 Å². The molecule has 4 nitrogen and oxygen atoms in total. The van der Waals surface area contributed by atoms with Crippen molar-refractivity contribution in [1.29, 1.82) is 0 Å². The second-order valence-corrected chi connectivity index (χ2v) is 4.01. The zero-order chi connectivity index (χ0) is 13.0. The van der Waals surface area contributed by atoms with Gasteiger partial charge in [0.25, 0.3) is 0 Å². The van der Waals surface area contributed by atoms with Crippen LogP contribution in [-0.4, -0.2) is 32.1 Å². The van der Waals surface area contributed by atoms with Crippen molar-refractivity contribution < 1.29 is 14.3 Å². The van der Waals surface area contributed by atoms with Gasteiger partial charge in [-0.2, -0.15) is 0 Å². The van der Waals surface area contributed by atoms with Gasteiger partial charge in [-0.25, -0.2) is 0 Å². The molecule has 0 saturated heterocycles. The molecule has 0 heterocycles. The van der Waals surface area contributed by atoms with Crippen LogP contribution in [0.3, 0.4) is 0 Å². The number of nitrogens with zero attached hydrogens (tertiary/aromatic N) is 1. The van der Waals surface area contributed by atoms with E-state index in [1.165, 1.54) is 0 Å². The Morgan fingerprint density at radius 3 is 2.29 bits per heavy atom. The van der Waals surface area contributed by atoms with Crippen molar-refractivity contribution in [2.75, 3.05) is 21.3 Å². The average molecular weight is 237 g/mol. The maximum Gasteiger partial charge on any atom is 0.219 e. The molecule has 0 aliphatic carbocycles. The van der Waals surface area contributed by atoms with Crippen LogP contribution in [0, 0.1) is 6.92 Å². The van der Waals surface area contributed by atoms with E-state index in [1.807, 2.05) is 19.1 Å². The van der Waals surface area contributed by atoms with Gasteiger partial charge in [0.15, 0.2) is 0 Å². The van der Waals surface area contributed by atoms with Crippen LogP contribution in [0.1, 0.15) is 18.1 Å². The highest BCUT2D eigenvalue weighted by Crippen LogP contribution is 2.29. The van der Waals surface area contributed by atoms with Crippen LogP contribution >= 0.6 is 0 Å². The molecule has 0 aromatic heterocycles. The lowest BCUT2D eigenvalue weighted by molar-refractivity contribution is -0.128. The number of aryl methyl sites for hydroxylation is 1. The van der Waals surface area contributed by atoms with Gasteiger partial charge < -0.3 is 14.4 Å². The predicted molar refractivity (Wildman–Crippen MR) is 66.4 cm³/mol. The minimum Gasteiger partial charge on any atom is -0.496 e. The molecule has 94 valence electrons. The Hall–Kier alpha value is -1.71. The highest BCUT2D eigenvalue weighted by molar-refractivity contribution is 5.73. The molecule has 1 aromatic carbocycles. The van der Waals surface area contributed by atoms with E-state index in [0.29, 0.717) is 6.54 Å². The number of carbonyl (C=O) groups is 1. The molecular formula is C13H19NO3. The number of carbonyl (C=O) groups excluding carboxylic acids is 1. The summed E-state index contributed by atoms with van der Waals surface area (Å²) in [5.41, 5.74) is 2.00. The van der Waals surface area contributed by atoms with E-state index in [0.717, 1.165) is 22.6 Å². The Morgan fingerprint density at radius 1 is 1.24 bits per heavy atom. The first-order valence-corrected chi connectivity index (χ1v) is 5.42. The first-order chi connectivity index (χ1) is 7.99. The second-order valence-electron chi connectivity index (χ2n) is 4.01. The third-order valence-electron chi connectivity index (χ3n) is 2.74. The molecule has 1 aromatic rings. The zero-order valence-corrected chi connectivity index (χ0v) is 11.0. The normalized spacial score (nSPS) is 9.94. The Labute approximate surface area is 102 Å². The van der Waals surface area contributed by atoms with Crippen molar-refractivity contribution in [3.8, 4) is 11.5 Å². The lowest BCUT2D eigenvalue weighted by Gasteiger charge is -2.18. The van der Waals surface area contributed by atoms with Gasteiger partial charge in [-0.1, -0.05) is 0 Å². The lowest BCUT2D eigenvalue weighted by atomic mass is 10.1. The molecule has 0 saturated carbocycles. The molecule has 0 aliphatic rings. The molecule has 0 spiro atoms. The fraction of sp³-hybridized carbons (Fsp3) is 0.462. The van der Waals surface area contributed by atoms with Gasteiger partial charge in [0.2, 0.25) is 5.91 Å². The van der Waals surface area contributed by atoms with Crippen LogP contribution in [0.5, 0.6) is 11.5 Å². The Balaban J connectivity index is 3.06. The number of methoxy groups -OCH3 is 2. The fourth-order valence-electron chi connectivity index (χ4n) is 1.63. The monoisotopic (exact) mass is 237 g/mol. The Morgan fingerprint density at radius 2 is 1.82 bits per heavy atom. The third-order valence-corrected chi connectivity index (χ3v) is 2.74. The number of benzene rings is 1. The first kappa shape index (κ1) is 13.4. The summed E-state index contributed by atoms with van der Waals surface area (Å²) in [6.07, 6.45) is 0. The summed E-state index contributed by atoms with van der Waals surface area (Å²) < 4.78 is 10.5. The molecule has 0 fully saturated rings. The maximum atomic E-state index is 11.2. The van der Waals surface area contributed by atoms with E-state index in [2.05, 4.69) is 0 Å². The summed E-state index contributed by atoms with van der Waals surface area (Å²) in [5.74, 6) is 1.55. The van der Waals surface area contributed by atoms with Crippen LogP contribution in [0.2, 0.25) is 0 Å². The van der Waals surface area contributed by atoms with E-state index in [4.69, 9.17) is 9.47 Å². The van der Waals surface area contributed by atoms with Crippen LogP contribution in [0.25, 0.3) is 0 Å². The van der Waals surface area contributed by atoms with E-state index in [1.54, 1.807) is 33.1 Å². The van der Waals surface area contributed by atoms with Crippen molar-refractivity contribution >= 4 is 5.91 Å². The quantitative estimate of drug-likeness (QED) is 0.804. The van der Waals surface area contributed by atoms with Gasteiger partial charge in [-0.05, 0) is 18.6 Å². The van der Waals surface area contributed by atoms with Gasteiger partial charge in [0, 0.05) is 32.1 Å². The molecule has 0 radical (unpaired) electrons. The number of hydrogen-bond donors (Lipinski definition) is 0. The van der Waals surface area contributed by atoms with E-state index in [9.17, 15) is 4.79 Å². The highest BCUT2D eigenvalue weighted by atomic mass is 16.5. The average Bonchev–Trinajstić information content (AvgIpc) is 2.29. The summed E-state index contributed by atoms with van der Waals surface area (Å²) in [6, 6.07) is 3.83. The van der Waals surface area contributed by atoms with Crippen LogP contribution in [0.15, 0.2) is 12.1 Å². The summed E-state index contributed by atoms with van der Waals surface area (Å²) in [7, 11) is 5.01. The van der Waals surface area contributed by atoms with Gasteiger partial charge in [0.05, 0.1) is 14.2 Å². The molecule has 1 rings (SSSR count). The van der Waals surface area contributed by atoms with Crippen molar-refractivity contribution in [3.63, 3.8) is 0 Å². The zero-order valence-electron chi connectivity index (χ0n) is 11.0. The van der Waals surface area contributed by atoms with Crippen molar-refractivity contribution in [3.05, 3.63) is 23.3 Å². The topological polar surface area (TPSA) is 38.8 Å². The van der Waals surface area contributed by atoms with Gasteiger partial charge >= 0.3 is 0 Å². The highest BCUT2D eigenvalue weighted by Gasteiger charge is 2.11. The largest absolute Gasteiger partial charge is 0.496 e. The maximum absolute atomic E-state index is 11.2. The van der Waals surface area contributed by atoms with Crippen LogP contribution in [0.4, 0.5) is 0 Å². The van der Waals surface area contributed by atoms with E-state index < -0.39 is 0 Å². The van der Waals surface area contributed by atoms with Gasteiger partial charge in [-0.15, -0.1) is 0 Å². The molecule has 0 aliphatic heterocycles. The molecule has 4 heteroatoms. The third kappa shape index (κ3) is 3.12. The smallest absolute Gasteiger partial charge is 0.219 e. The molecule has 0 unspecified atom stereocenters. The summed E-state index contributed by atoms with van der Waals surface area (Å²) >= 11 is 0. The second kappa shape index (κ2) is 5.57. The first-order valence-electron chi connectivity index (χ1n) is 5.42. The van der Waals surface area contributed by atoms with E-state index in [-0.39, 0.29) is 5.91 Å². The SMILES string of the molecule is COc1cc(OC)c(CN(C)C(C)=O)cc1C. The van der Waals surface area contributed by atoms with Gasteiger partial charge in [0.1, 0.15) is 11.5 Å². The van der Waals surface area contributed by atoms with Gasteiger partial charge in [-0.3, -0.25) is 4.79 Å². The summed E-state index contributed by atoms with van der Waals surface area (Å²) in [5, 5.41) is 0. The van der Waals surface area contributed by atoms with Crippen LogP contribution in [-0.2, 0) is 11.3 Å². The number of ether oxygens (including phenoxy) is 2. The Kier molecular flexibility index (Phi) is 4.37. The number of amides is 1. The molecule has 0 bridgehead atoms.